The van der Waals surface area contributed by atoms with Crippen LogP contribution in [-0.2, 0) is 9.47 Å². The molecule has 0 saturated carbocycles. The first kappa shape index (κ1) is 19.5. The van der Waals surface area contributed by atoms with Crippen LogP contribution in [0.4, 0.5) is 16.2 Å². The average Bonchev–Trinajstić information content (AvgIpc) is 3.08. The second-order valence-electron chi connectivity index (χ2n) is 7.18. The molecule has 3 N–H and O–H groups in total. The highest BCUT2D eigenvalue weighted by Crippen LogP contribution is 2.44. The maximum absolute atomic E-state index is 12.4. The molecule has 6 nitrogen and oxygen atoms in total. The van der Waals surface area contributed by atoms with Gasteiger partial charge in [-0.1, -0.05) is 48.5 Å². The summed E-state index contributed by atoms with van der Waals surface area (Å²) in [4.78, 5) is 24.4. The molecule has 0 aliphatic heterocycles. The molecule has 0 spiro atoms. The third-order valence-electron chi connectivity index (χ3n) is 5.44. The lowest BCUT2D eigenvalue weighted by molar-refractivity contribution is 0.0600. The second-order valence-corrected chi connectivity index (χ2v) is 7.18. The van der Waals surface area contributed by atoms with Crippen molar-refractivity contribution in [2.75, 3.05) is 24.8 Å². The van der Waals surface area contributed by atoms with Crippen LogP contribution in [0.25, 0.3) is 11.1 Å². The molecule has 0 radical (unpaired) electrons. The molecule has 0 saturated heterocycles. The number of carbonyl (C=O) groups excluding carboxylic acids is 2. The van der Waals surface area contributed by atoms with Crippen molar-refractivity contribution in [2.24, 2.45) is 0 Å². The summed E-state index contributed by atoms with van der Waals surface area (Å²) in [7, 11) is 1.30. The van der Waals surface area contributed by atoms with Gasteiger partial charge in [-0.15, -0.1) is 0 Å². The van der Waals surface area contributed by atoms with Gasteiger partial charge in [-0.2, -0.15) is 0 Å². The Morgan fingerprint density at radius 3 is 2.20 bits per heavy atom. The highest BCUT2D eigenvalue weighted by molar-refractivity contribution is 5.96. The van der Waals surface area contributed by atoms with E-state index in [2.05, 4.69) is 29.6 Å². The lowest BCUT2D eigenvalue weighted by Crippen LogP contribution is -2.18. The van der Waals surface area contributed by atoms with E-state index in [1.165, 1.54) is 13.2 Å². The molecule has 1 aliphatic rings. The van der Waals surface area contributed by atoms with Crippen LogP contribution in [0.3, 0.4) is 0 Å². The maximum Gasteiger partial charge on any atom is 0.411 e. The van der Waals surface area contributed by atoms with E-state index in [1.807, 2.05) is 24.3 Å². The first-order valence-corrected chi connectivity index (χ1v) is 9.60. The van der Waals surface area contributed by atoms with Crippen LogP contribution in [0.1, 0.15) is 33.0 Å². The van der Waals surface area contributed by atoms with E-state index >= 15 is 0 Å². The highest BCUT2D eigenvalue weighted by Gasteiger charge is 2.29. The Kier molecular flexibility index (Phi) is 5.14. The third kappa shape index (κ3) is 3.48. The Bertz CT molecular complexity index is 1090. The van der Waals surface area contributed by atoms with E-state index in [1.54, 1.807) is 13.0 Å². The van der Waals surface area contributed by atoms with Gasteiger partial charge in [0.15, 0.2) is 0 Å². The van der Waals surface area contributed by atoms with Gasteiger partial charge in [0.25, 0.3) is 0 Å². The normalized spacial score (nSPS) is 12.1. The van der Waals surface area contributed by atoms with Gasteiger partial charge in [0, 0.05) is 17.3 Å². The maximum atomic E-state index is 12.4. The second kappa shape index (κ2) is 7.91. The van der Waals surface area contributed by atoms with Crippen LogP contribution in [0.5, 0.6) is 0 Å². The van der Waals surface area contributed by atoms with E-state index < -0.39 is 12.1 Å². The van der Waals surface area contributed by atoms with E-state index in [0.717, 1.165) is 22.3 Å². The lowest BCUT2D eigenvalue weighted by Gasteiger charge is -2.15. The standard InChI is InChI=1S/C24H22N2O4/c1-14-20(23(27)29-2)11-15(12-22(14)25)26-24(28)30-13-21-18-9-5-3-7-16(18)17-8-4-6-10-19(17)21/h3-12,21H,13,25H2,1-2H3,(H,26,28). The zero-order valence-electron chi connectivity index (χ0n) is 16.8. The number of methoxy groups -OCH3 is 1. The minimum atomic E-state index is -0.615. The van der Waals surface area contributed by atoms with Gasteiger partial charge in [0.2, 0.25) is 0 Å². The van der Waals surface area contributed by atoms with Crippen molar-refractivity contribution >= 4 is 23.4 Å². The number of benzene rings is 3. The molecular formula is C24H22N2O4. The minimum absolute atomic E-state index is 0.0307. The molecule has 1 aliphatic carbocycles. The van der Waals surface area contributed by atoms with Crippen molar-refractivity contribution in [1.82, 2.24) is 0 Å². The summed E-state index contributed by atoms with van der Waals surface area (Å²) >= 11 is 0. The summed E-state index contributed by atoms with van der Waals surface area (Å²) in [5, 5.41) is 2.65. The smallest absolute Gasteiger partial charge is 0.411 e. The number of hydrogen-bond acceptors (Lipinski definition) is 5. The van der Waals surface area contributed by atoms with E-state index in [0.29, 0.717) is 22.5 Å². The molecule has 152 valence electrons. The van der Waals surface area contributed by atoms with Crippen LogP contribution in [0.15, 0.2) is 60.7 Å². The highest BCUT2D eigenvalue weighted by atomic mass is 16.5. The van der Waals surface area contributed by atoms with Gasteiger partial charge in [-0.3, -0.25) is 5.32 Å². The number of nitrogen functional groups attached to an aromatic ring is 1. The van der Waals surface area contributed by atoms with Crippen LogP contribution in [0, 0.1) is 6.92 Å². The Labute approximate surface area is 174 Å². The zero-order valence-corrected chi connectivity index (χ0v) is 16.8. The van der Waals surface area contributed by atoms with Gasteiger partial charge in [0.1, 0.15) is 6.61 Å². The number of fused-ring (bicyclic) bond motifs is 3. The van der Waals surface area contributed by atoms with E-state index in [-0.39, 0.29) is 12.5 Å². The molecule has 30 heavy (non-hydrogen) atoms. The largest absolute Gasteiger partial charge is 0.465 e. The molecule has 0 bridgehead atoms. The number of amides is 1. The van der Waals surface area contributed by atoms with Crippen LogP contribution in [0.2, 0.25) is 0 Å². The van der Waals surface area contributed by atoms with Crippen molar-refractivity contribution in [3.63, 3.8) is 0 Å². The first-order valence-electron chi connectivity index (χ1n) is 9.60. The molecule has 3 aromatic rings. The van der Waals surface area contributed by atoms with E-state index in [9.17, 15) is 9.59 Å². The fourth-order valence-corrected chi connectivity index (χ4v) is 3.88. The van der Waals surface area contributed by atoms with Crippen molar-refractivity contribution < 1.29 is 19.1 Å². The summed E-state index contributed by atoms with van der Waals surface area (Å²) in [6, 6.07) is 19.4. The van der Waals surface area contributed by atoms with Gasteiger partial charge in [-0.05, 0) is 46.9 Å². The topological polar surface area (TPSA) is 90.6 Å². The fourth-order valence-electron chi connectivity index (χ4n) is 3.88. The number of carbonyl (C=O) groups is 2. The van der Waals surface area contributed by atoms with Crippen LogP contribution in [-0.4, -0.2) is 25.8 Å². The predicted octanol–water partition coefficient (Wildman–Crippen LogP) is 4.72. The molecule has 3 aromatic carbocycles. The van der Waals surface area contributed by atoms with Crippen LogP contribution < -0.4 is 11.1 Å². The van der Waals surface area contributed by atoms with Crippen LogP contribution >= 0.6 is 0 Å². The summed E-state index contributed by atoms with van der Waals surface area (Å²) < 4.78 is 10.3. The van der Waals surface area contributed by atoms with Gasteiger partial charge in [0.05, 0.1) is 12.7 Å². The number of anilines is 2. The zero-order chi connectivity index (χ0) is 21.3. The fraction of sp³-hybridized carbons (Fsp3) is 0.167. The molecule has 0 heterocycles. The van der Waals surface area contributed by atoms with Gasteiger partial charge < -0.3 is 15.2 Å². The monoisotopic (exact) mass is 402 g/mol. The lowest BCUT2D eigenvalue weighted by atomic mass is 9.98. The summed E-state index contributed by atoms with van der Waals surface area (Å²) in [5.74, 6) is -0.549. The minimum Gasteiger partial charge on any atom is -0.465 e. The molecule has 0 fully saturated rings. The molecule has 0 unspecified atom stereocenters. The quantitative estimate of drug-likeness (QED) is 0.487. The average molecular weight is 402 g/mol. The number of ether oxygens (including phenoxy) is 2. The molecule has 0 atom stereocenters. The predicted molar refractivity (Wildman–Crippen MR) is 116 cm³/mol. The van der Waals surface area contributed by atoms with Crippen molar-refractivity contribution in [3.8, 4) is 11.1 Å². The summed E-state index contributed by atoms with van der Waals surface area (Å²) in [6.07, 6.45) is -0.615. The van der Waals surface area contributed by atoms with E-state index in [4.69, 9.17) is 15.2 Å². The Balaban J connectivity index is 1.50. The number of rotatable bonds is 4. The van der Waals surface area contributed by atoms with Crippen molar-refractivity contribution in [2.45, 2.75) is 12.8 Å². The number of hydrogen-bond donors (Lipinski definition) is 2. The third-order valence-corrected chi connectivity index (χ3v) is 5.44. The number of nitrogens with two attached hydrogens (primary N) is 1. The Hall–Kier alpha value is -3.80. The number of nitrogens with one attached hydrogen (secondary N) is 1. The molecule has 0 aromatic heterocycles. The Morgan fingerprint density at radius 1 is 1.00 bits per heavy atom. The van der Waals surface area contributed by atoms with Gasteiger partial charge >= 0.3 is 12.1 Å². The molecule has 4 rings (SSSR count). The Morgan fingerprint density at radius 2 is 1.60 bits per heavy atom. The van der Waals surface area contributed by atoms with Gasteiger partial charge in [-0.25, -0.2) is 9.59 Å². The molecular weight excluding hydrogens is 380 g/mol. The summed E-state index contributed by atoms with van der Waals surface area (Å²) in [6.45, 7) is 1.92. The number of esters is 1. The first-order chi connectivity index (χ1) is 14.5. The SMILES string of the molecule is COC(=O)c1cc(NC(=O)OCC2c3ccccc3-c3ccccc32)cc(N)c1C. The summed E-state index contributed by atoms with van der Waals surface area (Å²) in [5.41, 5.74) is 12.2. The molecule has 1 amide bonds. The van der Waals surface area contributed by atoms with Crippen molar-refractivity contribution in [1.29, 1.82) is 0 Å². The van der Waals surface area contributed by atoms with Crippen molar-refractivity contribution in [3.05, 3.63) is 82.9 Å². The molecule has 6 heteroatoms.